The predicted molar refractivity (Wildman–Crippen MR) is 69.6 cm³/mol. The van der Waals surface area contributed by atoms with Gasteiger partial charge in [0.05, 0.1) is 17.1 Å². The van der Waals surface area contributed by atoms with Gasteiger partial charge < -0.3 is 19.5 Å². The van der Waals surface area contributed by atoms with E-state index in [2.05, 4.69) is 21.1 Å². The van der Waals surface area contributed by atoms with Crippen molar-refractivity contribution in [3.63, 3.8) is 0 Å². The lowest BCUT2D eigenvalue weighted by molar-refractivity contribution is 0.0686. The Morgan fingerprint density at radius 3 is 2.68 bits per heavy atom. The van der Waals surface area contributed by atoms with Gasteiger partial charge in [0.1, 0.15) is 0 Å². The number of carbonyl (C=O) groups is 1. The molecular weight excluding hydrogens is 318 g/mol. The maximum absolute atomic E-state index is 10.8. The average Bonchev–Trinajstić information content (AvgIpc) is 2.78. The van der Waals surface area contributed by atoms with Gasteiger partial charge in [0.2, 0.25) is 0 Å². The number of aromatic hydroxyl groups is 1. The van der Waals surface area contributed by atoms with Gasteiger partial charge in [0.15, 0.2) is 23.0 Å². The Balaban J connectivity index is 2.64. The number of aromatic nitrogens is 1. The molecule has 2 N–H and O–H groups in total. The molecule has 0 saturated carbocycles. The first-order valence-corrected chi connectivity index (χ1v) is 6.01. The summed E-state index contributed by atoms with van der Waals surface area (Å²) in [5, 5.41) is 22.4. The van der Waals surface area contributed by atoms with Crippen molar-refractivity contribution in [2.75, 3.05) is 7.11 Å². The van der Waals surface area contributed by atoms with Gasteiger partial charge in [-0.05, 0) is 34.5 Å². The molecule has 6 nitrogen and oxygen atoms in total. The zero-order valence-corrected chi connectivity index (χ0v) is 11.7. The number of hydrogen-bond donors (Lipinski definition) is 2. The highest BCUT2D eigenvalue weighted by atomic mass is 79.9. The quantitative estimate of drug-likeness (QED) is 0.900. The SMILES string of the molecule is COc1c(Br)cc(C)c(-c2cc(C(=O)O)no2)c1O. The van der Waals surface area contributed by atoms with Crippen LogP contribution < -0.4 is 4.74 Å². The Bertz CT molecular complexity index is 650. The first-order valence-electron chi connectivity index (χ1n) is 5.22. The lowest BCUT2D eigenvalue weighted by Crippen LogP contribution is -1.94. The lowest BCUT2D eigenvalue weighted by Gasteiger charge is -2.11. The molecule has 1 heterocycles. The number of carboxylic acid groups (broad SMARTS) is 1. The standard InChI is InChI=1S/C12H10BrNO5/c1-5-3-6(13)11(18-2)10(15)9(5)8-4-7(12(16)17)14-19-8/h3-4,15H,1-2H3,(H,16,17). The van der Waals surface area contributed by atoms with Crippen LogP contribution in [0, 0.1) is 6.92 Å². The topological polar surface area (TPSA) is 92.8 Å². The van der Waals surface area contributed by atoms with E-state index in [-0.39, 0.29) is 23.0 Å². The van der Waals surface area contributed by atoms with Gasteiger partial charge in [0, 0.05) is 6.07 Å². The third-order valence-corrected chi connectivity index (χ3v) is 3.18. The van der Waals surface area contributed by atoms with Crippen LogP contribution in [0.5, 0.6) is 11.5 Å². The van der Waals surface area contributed by atoms with E-state index in [1.165, 1.54) is 13.2 Å². The maximum atomic E-state index is 10.8. The molecule has 0 aliphatic heterocycles. The minimum atomic E-state index is -1.20. The molecule has 19 heavy (non-hydrogen) atoms. The molecule has 1 aromatic carbocycles. The first-order chi connectivity index (χ1) is 8.95. The zero-order chi connectivity index (χ0) is 14.2. The van der Waals surface area contributed by atoms with Crippen molar-refractivity contribution in [1.29, 1.82) is 0 Å². The summed E-state index contributed by atoms with van der Waals surface area (Å²) in [6.45, 7) is 1.75. The number of carboxylic acids is 1. The smallest absolute Gasteiger partial charge is 0.358 e. The van der Waals surface area contributed by atoms with Crippen LogP contribution in [0.2, 0.25) is 0 Å². The van der Waals surface area contributed by atoms with E-state index in [1.807, 2.05) is 0 Å². The van der Waals surface area contributed by atoms with Crippen LogP contribution in [0.4, 0.5) is 0 Å². The molecule has 0 atom stereocenters. The third-order valence-electron chi connectivity index (χ3n) is 2.59. The Hall–Kier alpha value is -2.02. The van der Waals surface area contributed by atoms with Crippen molar-refractivity contribution in [3.05, 3.63) is 27.9 Å². The van der Waals surface area contributed by atoms with Crippen molar-refractivity contribution < 1.29 is 24.3 Å². The summed E-state index contributed by atoms with van der Waals surface area (Å²) in [5.74, 6) is -0.925. The highest BCUT2D eigenvalue weighted by molar-refractivity contribution is 9.10. The van der Waals surface area contributed by atoms with Crippen LogP contribution in [-0.2, 0) is 0 Å². The van der Waals surface area contributed by atoms with Crippen LogP contribution in [0.1, 0.15) is 16.1 Å². The normalized spacial score (nSPS) is 10.5. The van der Waals surface area contributed by atoms with Crippen molar-refractivity contribution in [2.45, 2.75) is 6.92 Å². The molecule has 0 fully saturated rings. The van der Waals surface area contributed by atoms with E-state index in [9.17, 15) is 9.90 Å². The number of methoxy groups -OCH3 is 1. The van der Waals surface area contributed by atoms with Crippen LogP contribution in [0.3, 0.4) is 0 Å². The van der Waals surface area contributed by atoms with E-state index in [0.717, 1.165) is 0 Å². The average molecular weight is 328 g/mol. The fraction of sp³-hybridized carbons (Fsp3) is 0.167. The molecule has 0 amide bonds. The third kappa shape index (κ3) is 2.28. The van der Waals surface area contributed by atoms with Gasteiger partial charge in [-0.3, -0.25) is 0 Å². The van der Waals surface area contributed by atoms with E-state index < -0.39 is 5.97 Å². The summed E-state index contributed by atoms with van der Waals surface area (Å²) in [7, 11) is 1.42. The maximum Gasteiger partial charge on any atom is 0.358 e. The number of phenolic OH excluding ortho intramolecular Hbond substituents is 1. The molecule has 0 unspecified atom stereocenters. The summed E-state index contributed by atoms with van der Waals surface area (Å²) >= 11 is 3.27. The van der Waals surface area contributed by atoms with Crippen LogP contribution in [0.25, 0.3) is 11.3 Å². The van der Waals surface area contributed by atoms with E-state index >= 15 is 0 Å². The van der Waals surface area contributed by atoms with E-state index in [4.69, 9.17) is 14.4 Å². The highest BCUT2D eigenvalue weighted by Crippen LogP contribution is 2.44. The lowest BCUT2D eigenvalue weighted by atomic mass is 10.0. The molecule has 100 valence electrons. The number of ether oxygens (including phenoxy) is 1. The summed E-state index contributed by atoms with van der Waals surface area (Å²) < 4.78 is 10.6. The van der Waals surface area contributed by atoms with Gasteiger partial charge in [-0.1, -0.05) is 5.16 Å². The summed E-state index contributed by atoms with van der Waals surface area (Å²) in [4.78, 5) is 10.8. The molecule has 7 heteroatoms. The van der Waals surface area contributed by atoms with Gasteiger partial charge >= 0.3 is 5.97 Å². The van der Waals surface area contributed by atoms with Gasteiger partial charge in [0.25, 0.3) is 0 Å². The summed E-state index contributed by atoms with van der Waals surface area (Å²) in [6.07, 6.45) is 0. The van der Waals surface area contributed by atoms with Crippen molar-refractivity contribution >= 4 is 21.9 Å². The number of aryl methyl sites for hydroxylation is 1. The molecular formula is C12H10BrNO5. The highest BCUT2D eigenvalue weighted by Gasteiger charge is 2.21. The van der Waals surface area contributed by atoms with E-state index in [0.29, 0.717) is 15.6 Å². The van der Waals surface area contributed by atoms with Crippen LogP contribution in [-0.4, -0.2) is 28.4 Å². The molecule has 0 spiro atoms. The Morgan fingerprint density at radius 2 is 2.16 bits per heavy atom. The second-order valence-corrected chi connectivity index (χ2v) is 4.67. The fourth-order valence-electron chi connectivity index (χ4n) is 1.74. The number of nitrogens with zero attached hydrogens (tertiary/aromatic N) is 1. The first kappa shape index (κ1) is 13.4. The minimum absolute atomic E-state index is 0.137. The molecule has 2 aromatic rings. The minimum Gasteiger partial charge on any atom is -0.504 e. The number of aromatic carboxylic acids is 1. The number of benzene rings is 1. The molecule has 0 radical (unpaired) electrons. The van der Waals surface area contributed by atoms with Gasteiger partial charge in [-0.2, -0.15) is 0 Å². The van der Waals surface area contributed by atoms with Crippen LogP contribution >= 0.6 is 15.9 Å². The van der Waals surface area contributed by atoms with Crippen LogP contribution in [0.15, 0.2) is 21.1 Å². The Labute approximate surface area is 116 Å². The molecule has 0 aliphatic carbocycles. The molecule has 1 aromatic heterocycles. The number of rotatable bonds is 3. The van der Waals surface area contributed by atoms with Gasteiger partial charge in [-0.25, -0.2) is 4.79 Å². The Kier molecular flexibility index (Phi) is 3.48. The number of halogens is 1. The Morgan fingerprint density at radius 1 is 1.47 bits per heavy atom. The second-order valence-electron chi connectivity index (χ2n) is 3.81. The number of phenols is 1. The van der Waals surface area contributed by atoms with Crippen molar-refractivity contribution in [3.8, 4) is 22.8 Å². The fourth-order valence-corrected chi connectivity index (χ4v) is 2.43. The monoisotopic (exact) mass is 327 g/mol. The zero-order valence-electron chi connectivity index (χ0n) is 10.1. The van der Waals surface area contributed by atoms with Crippen molar-refractivity contribution in [1.82, 2.24) is 5.16 Å². The van der Waals surface area contributed by atoms with Gasteiger partial charge in [-0.15, -0.1) is 0 Å². The molecule has 0 aliphatic rings. The van der Waals surface area contributed by atoms with Crippen molar-refractivity contribution in [2.24, 2.45) is 0 Å². The molecule has 2 rings (SSSR count). The molecule has 0 saturated heterocycles. The van der Waals surface area contributed by atoms with E-state index in [1.54, 1.807) is 13.0 Å². The predicted octanol–water partition coefficient (Wildman–Crippen LogP) is 2.82. The second kappa shape index (κ2) is 4.93. The largest absolute Gasteiger partial charge is 0.504 e. The molecule has 0 bridgehead atoms. The summed E-state index contributed by atoms with van der Waals surface area (Å²) in [5.41, 5.74) is 0.814. The summed E-state index contributed by atoms with van der Waals surface area (Å²) in [6, 6.07) is 2.98. The number of hydrogen-bond acceptors (Lipinski definition) is 5.